The molecule has 2 aromatic carbocycles. The lowest BCUT2D eigenvalue weighted by Gasteiger charge is -2.09. The van der Waals surface area contributed by atoms with Crippen LogP contribution in [-0.2, 0) is 0 Å². The summed E-state index contributed by atoms with van der Waals surface area (Å²) in [5, 5.41) is 3.04. The highest BCUT2D eigenvalue weighted by Crippen LogP contribution is 2.30. The highest BCUT2D eigenvalue weighted by atomic mass is 79.9. The number of hydrogen-bond acceptors (Lipinski definition) is 3. The van der Waals surface area contributed by atoms with Gasteiger partial charge in [0.1, 0.15) is 22.9 Å². The highest BCUT2D eigenvalue weighted by molar-refractivity contribution is 9.10. The van der Waals surface area contributed by atoms with E-state index in [0.717, 1.165) is 27.0 Å². The molecule has 2 heterocycles. The number of halogens is 1. The maximum absolute atomic E-state index is 12.8. The van der Waals surface area contributed by atoms with Gasteiger partial charge in [-0.25, -0.2) is 4.98 Å². The molecule has 6 heteroatoms. The number of ether oxygens (including phenoxy) is 1. The van der Waals surface area contributed by atoms with Gasteiger partial charge >= 0.3 is 0 Å². The Bertz CT molecular complexity index is 1150. The second-order valence-electron chi connectivity index (χ2n) is 6.43. The first-order valence-corrected chi connectivity index (χ1v) is 9.54. The van der Waals surface area contributed by atoms with Crippen LogP contribution in [0.1, 0.15) is 15.9 Å². The lowest BCUT2D eigenvalue weighted by atomic mass is 10.1. The van der Waals surface area contributed by atoms with Crippen molar-refractivity contribution in [1.82, 2.24) is 9.38 Å². The van der Waals surface area contributed by atoms with Crippen LogP contribution in [0.3, 0.4) is 0 Å². The molecule has 4 aromatic rings. The monoisotopic (exact) mass is 435 g/mol. The zero-order valence-electron chi connectivity index (χ0n) is 15.4. The number of hydrogen-bond donors (Lipinski definition) is 1. The molecule has 0 aliphatic carbocycles. The van der Waals surface area contributed by atoms with Gasteiger partial charge in [0.25, 0.3) is 5.91 Å². The number of imidazole rings is 1. The third-order valence-electron chi connectivity index (χ3n) is 4.47. The first kappa shape index (κ1) is 18.3. The van der Waals surface area contributed by atoms with Gasteiger partial charge in [-0.15, -0.1) is 0 Å². The third kappa shape index (κ3) is 3.51. The van der Waals surface area contributed by atoms with E-state index >= 15 is 0 Å². The Morgan fingerprint density at radius 3 is 2.43 bits per heavy atom. The zero-order valence-corrected chi connectivity index (χ0v) is 17.0. The van der Waals surface area contributed by atoms with Crippen LogP contribution in [0.4, 0.5) is 5.82 Å². The molecular formula is C22H18BrN3O2. The van der Waals surface area contributed by atoms with Crippen molar-refractivity contribution >= 4 is 33.3 Å². The highest BCUT2D eigenvalue weighted by Gasteiger charge is 2.17. The number of nitrogens with one attached hydrogen (secondary N) is 1. The molecule has 4 rings (SSSR count). The smallest absolute Gasteiger partial charge is 0.256 e. The average Bonchev–Trinajstić information content (AvgIpc) is 3.06. The van der Waals surface area contributed by atoms with Crippen LogP contribution in [0.2, 0.25) is 0 Å². The minimum absolute atomic E-state index is 0.189. The standard InChI is InChI=1S/C22H18BrN3O2/c1-14-3-12-19-24-20(15-6-10-18(28-2)11-7-15)21(26(19)13-14)25-22(27)16-4-8-17(23)9-5-16/h3-13H,1-2H3,(H,25,27). The van der Waals surface area contributed by atoms with E-state index in [4.69, 9.17) is 9.72 Å². The van der Waals surface area contributed by atoms with E-state index in [0.29, 0.717) is 17.1 Å². The minimum Gasteiger partial charge on any atom is -0.497 e. The van der Waals surface area contributed by atoms with Crippen LogP contribution in [0.15, 0.2) is 71.3 Å². The van der Waals surface area contributed by atoms with E-state index < -0.39 is 0 Å². The normalized spacial score (nSPS) is 10.8. The molecule has 0 saturated heterocycles. The number of amides is 1. The summed E-state index contributed by atoms with van der Waals surface area (Å²) in [7, 11) is 1.63. The number of methoxy groups -OCH3 is 1. The van der Waals surface area contributed by atoms with Crippen LogP contribution in [0, 0.1) is 6.92 Å². The number of carbonyl (C=O) groups excluding carboxylic acids is 1. The molecule has 0 radical (unpaired) electrons. The van der Waals surface area contributed by atoms with Gasteiger partial charge in [-0.05, 0) is 67.1 Å². The Morgan fingerprint density at radius 2 is 1.75 bits per heavy atom. The van der Waals surface area contributed by atoms with E-state index in [-0.39, 0.29) is 5.91 Å². The number of rotatable bonds is 4. The first-order valence-electron chi connectivity index (χ1n) is 8.75. The molecular weight excluding hydrogens is 418 g/mol. The largest absolute Gasteiger partial charge is 0.497 e. The van der Waals surface area contributed by atoms with Gasteiger partial charge in [-0.2, -0.15) is 0 Å². The molecule has 1 N–H and O–H groups in total. The Labute approximate surface area is 171 Å². The Balaban J connectivity index is 1.81. The summed E-state index contributed by atoms with van der Waals surface area (Å²) in [6, 6.07) is 18.8. The molecule has 0 saturated carbocycles. The quantitative estimate of drug-likeness (QED) is 0.470. The summed E-state index contributed by atoms with van der Waals surface area (Å²) in [4.78, 5) is 17.6. The number of aromatic nitrogens is 2. The second-order valence-corrected chi connectivity index (χ2v) is 7.35. The molecule has 0 aliphatic heterocycles. The molecule has 0 bridgehead atoms. The second kappa shape index (κ2) is 7.48. The molecule has 0 spiro atoms. The van der Waals surface area contributed by atoms with E-state index in [1.807, 2.05) is 66.1 Å². The van der Waals surface area contributed by atoms with Gasteiger partial charge in [0.15, 0.2) is 0 Å². The molecule has 0 fully saturated rings. The van der Waals surface area contributed by atoms with Crippen LogP contribution in [-0.4, -0.2) is 22.4 Å². The van der Waals surface area contributed by atoms with Crippen molar-refractivity contribution in [2.24, 2.45) is 0 Å². The summed E-state index contributed by atoms with van der Waals surface area (Å²) in [6.07, 6.45) is 1.96. The molecule has 28 heavy (non-hydrogen) atoms. The Hall–Kier alpha value is -3.12. The number of aryl methyl sites for hydroxylation is 1. The topological polar surface area (TPSA) is 55.6 Å². The number of carbonyl (C=O) groups is 1. The number of fused-ring (bicyclic) bond motifs is 1. The lowest BCUT2D eigenvalue weighted by molar-refractivity contribution is 0.102. The molecule has 0 aliphatic rings. The minimum atomic E-state index is -0.189. The van der Waals surface area contributed by atoms with Crippen molar-refractivity contribution in [3.8, 4) is 17.0 Å². The van der Waals surface area contributed by atoms with Crippen LogP contribution >= 0.6 is 15.9 Å². The van der Waals surface area contributed by atoms with E-state index in [2.05, 4.69) is 21.2 Å². The van der Waals surface area contributed by atoms with Gasteiger partial charge in [-0.3, -0.25) is 9.20 Å². The predicted molar refractivity (Wildman–Crippen MR) is 114 cm³/mol. The van der Waals surface area contributed by atoms with Gasteiger partial charge in [0, 0.05) is 21.8 Å². The van der Waals surface area contributed by atoms with Crippen LogP contribution in [0.5, 0.6) is 5.75 Å². The predicted octanol–water partition coefficient (Wildman–Crippen LogP) is 5.33. The van der Waals surface area contributed by atoms with Gasteiger partial charge in [0.2, 0.25) is 0 Å². The third-order valence-corrected chi connectivity index (χ3v) is 5.00. The van der Waals surface area contributed by atoms with Crippen LogP contribution in [0.25, 0.3) is 16.9 Å². The molecule has 1 amide bonds. The lowest BCUT2D eigenvalue weighted by Crippen LogP contribution is -2.14. The van der Waals surface area contributed by atoms with Crippen molar-refractivity contribution < 1.29 is 9.53 Å². The number of nitrogens with zero attached hydrogens (tertiary/aromatic N) is 2. The summed E-state index contributed by atoms with van der Waals surface area (Å²) < 4.78 is 8.08. The maximum atomic E-state index is 12.8. The fourth-order valence-corrected chi connectivity index (χ4v) is 3.27. The summed E-state index contributed by atoms with van der Waals surface area (Å²) in [5.41, 5.74) is 4.02. The summed E-state index contributed by atoms with van der Waals surface area (Å²) in [5.74, 6) is 1.21. The van der Waals surface area contributed by atoms with E-state index in [1.165, 1.54) is 0 Å². The van der Waals surface area contributed by atoms with Crippen molar-refractivity contribution in [2.75, 3.05) is 12.4 Å². The fourth-order valence-electron chi connectivity index (χ4n) is 3.00. The zero-order chi connectivity index (χ0) is 19.7. The fraction of sp³-hybridized carbons (Fsp3) is 0.0909. The molecule has 5 nitrogen and oxygen atoms in total. The first-order chi connectivity index (χ1) is 13.5. The van der Waals surface area contributed by atoms with Crippen molar-refractivity contribution in [3.05, 3.63) is 82.5 Å². The van der Waals surface area contributed by atoms with Crippen LogP contribution < -0.4 is 10.1 Å². The number of anilines is 1. The Kier molecular flexibility index (Phi) is 4.88. The van der Waals surface area contributed by atoms with Gasteiger partial charge in [-0.1, -0.05) is 22.0 Å². The number of benzene rings is 2. The summed E-state index contributed by atoms with van der Waals surface area (Å²) >= 11 is 3.39. The maximum Gasteiger partial charge on any atom is 0.256 e. The SMILES string of the molecule is COc1ccc(-c2nc3ccc(C)cn3c2NC(=O)c2ccc(Br)cc2)cc1. The molecule has 0 atom stereocenters. The van der Waals surface area contributed by atoms with Gasteiger partial charge in [0.05, 0.1) is 7.11 Å². The van der Waals surface area contributed by atoms with E-state index in [1.54, 1.807) is 19.2 Å². The average molecular weight is 436 g/mol. The Morgan fingerprint density at radius 1 is 1.04 bits per heavy atom. The van der Waals surface area contributed by atoms with Gasteiger partial charge < -0.3 is 10.1 Å². The molecule has 2 aromatic heterocycles. The van der Waals surface area contributed by atoms with E-state index in [9.17, 15) is 4.79 Å². The van der Waals surface area contributed by atoms with Crippen molar-refractivity contribution in [1.29, 1.82) is 0 Å². The van der Waals surface area contributed by atoms with Crippen molar-refractivity contribution in [2.45, 2.75) is 6.92 Å². The summed E-state index contributed by atoms with van der Waals surface area (Å²) in [6.45, 7) is 2.01. The van der Waals surface area contributed by atoms with Crippen molar-refractivity contribution in [3.63, 3.8) is 0 Å². The molecule has 140 valence electrons. The number of pyridine rings is 1. The molecule has 0 unspecified atom stereocenters.